The first kappa shape index (κ1) is 13.7. The molecule has 0 fully saturated rings. The van der Waals surface area contributed by atoms with Crippen LogP contribution in [0.25, 0.3) is 0 Å². The topological polar surface area (TPSA) is 43.7 Å². The van der Waals surface area contributed by atoms with Crippen molar-refractivity contribution in [3.05, 3.63) is 59.7 Å². The quantitative estimate of drug-likeness (QED) is 0.809. The summed E-state index contributed by atoms with van der Waals surface area (Å²) in [6.07, 6.45) is 0. The molecule has 4 heteroatoms. The fourth-order valence-corrected chi connectivity index (χ4v) is 2.14. The van der Waals surface area contributed by atoms with Crippen LogP contribution in [0.3, 0.4) is 0 Å². The van der Waals surface area contributed by atoms with Crippen molar-refractivity contribution in [3.8, 4) is 0 Å². The van der Waals surface area contributed by atoms with E-state index in [1.807, 2.05) is 37.4 Å². The Morgan fingerprint density at radius 2 is 1.79 bits per heavy atom. The minimum Gasteiger partial charge on any atom is -0.423 e. The van der Waals surface area contributed by atoms with Gasteiger partial charge in [0.25, 0.3) is 0 Å². The van der Waals surface area contributed by atoms with Crippen LogP contribution in [0.1, 0.15) is 11.1 Å². The summed E-state index contributed by atoms with van der Waals surface area (Å²) >= 11 is 0. The number of anilines is 1. The van der Waals surface area contributed by atoms with Gasteiger partial charge in [0, 0.05) is 19.3 Å². The van der Waals surface area contributed by atoms with Gasteiger partial charge in [0.1, 0.15) is 0 Å². The van der Waals surface area contributed by atoms with Gasteiger partial charge in [-0.25, -0.2) is 0 Å². The lowest BCUT2D eigenvalue weighted by atomic mass is 9.77. The third-order valence-corrected chi connectivity index (χ3v) is 3.18. The van der Waals surface area contributed by atoms with Gasteiger partial charge < -0.3 is 14.9 Å². The van der Waals surface area contributed by atoms with E-state index in [0.717, 1.165) is 11.3 Å². The zero-order valence-corrected chi connectivity index (χ0v) is 11.2. The fourth-order valence-electron chi connectivity index (χ4n) is 2.14. The SMILES string of the molecule is Cc1cccc(N(C)Cc2ccccc2B(O)O)c1. The molecule has 0 spiro atoms. The molecule has 0 radical (unpaired) electrons. The first-order valence-electron chi connectivity index (χ1n) is 6.29. The summed E-state index contributed by atoms with van der Waals surface area (Å²) < 4.78 is 0. The molecule has 98 valence electrons. The van der Waals surface area contributed by atoms with Crippen molar-refractivity contribution in [2.24, 2.45) is 0 Å². The molecule has 2 N–H and O–H groups in total. The minimum absolute atomic E-state index is 0.557. The fraction of sp³-hybridized carbons (Fsp3) is 0.200. The standard InChI is InChI=1S/C15H18BNO2/c1-12-6-5-8-14(10-12)17(2)11-13-7-3-4-9-15(13)16(18)19/h3-10,18-19H,11H2,1-2H3. The van der Waals surface area contributed by atoms with Gasteiger partial charge >= 0.3 is 7.12 Å². The van der Waals surface area contributed by atoms with Crippen molar-refractivity contribution < 1.29 is 10.0 Å². The number of benzene rings is 2. The first-order valence-corrected chi connectivity index (χ1v) is 6.29. The summed E-state index contributed by atoms with van der Waals surface area (Å²) in [7, 11) is 0.567. The monoisotopic (exact) mass is 255 g/mol. The molecular weight excluding hydrogens is 237 g/mol. The molecule has 0 unspecified atom stereocenters. The molecule has 0 aromatic heterocycles. The Morgan fingerprint density at radius 1 is 1.05 bits per heavy atom. The van der Waals surface area contributed by atoms with Crippen LogP contribution in [0.5, 0.6) is 0 Å². The van der Waals surface area contributed by atoms with Crippen LogP contribution >= 0.6 is 0 Å². The molecule has 0 aliphatic rings. The van der Waals surface area contributed by atoms with Crippen molar-refractivity contribution >= 4 is 18.3 Å². The van der Waals surface area contributed by atoms with Gasteiger partial charge in [-0.1, -0.05) is 36.4 Å². The van der Waals surface area contributed by atoms with E-state index in [9.17, 15) is 10.0 Å². The summed E-state index contributed by atoms with van der Waals surface area (Å²) in [4.78, 5) is 2.09. The summed E-state index contributed by atoms with van der Waals surface area (Å²) in [5.41, 5.74) is 3.80. The van der Waals surface area contributed by atoms with Gasteiger partial charge in [-0.3, -0.25) is 0 Å². The molecule has 0 aliphatic heterocycles. The Kier molecular flexibility index (Phi) is 4.25. The highest BCUT2D eigenvalue weighted by atomic mass is 16.4. The van der Waals surface area contributed by atoms with Gasteiger partial charge in [0.15, 0.2) is 0 Å². The van der Waals surface area contributed by atoms with Crippen molar-refractivity contribution in [1.29, 1.82) is 0 Å². The Balaban J connectivity index is 2.22. The van der Waals surface area contributed by atoms with E-state index < -0.39 is 7.12 Å². The number of hydrogen-bond acceptors (Lipinski definition) is 3. The van der Waals surface area contributed by atoms with Crippen molar-refractivity contribution in [1.82, 2.24) is 0 Å². The highest BCUT2D eigenvalue weighted by molar-refractivity contribution is 6.59. The molecule has 19 heavy (non-hydrogen) atoms. The first-order chi connectivity index (χ1) is 9.08. The molecule has 0 saturated heterocycles. The van der Waals surface area contributed by atoms with E-state index in [2.05, 4.69) is 24.0 Å². The number of hydrogen-bond donors (Lipinski definition) is 2. The maximum absolute atomic E-state index is 9.37. The molecule has 0 aliphatic carbocycles. The van der Waals surface area contributed by atoms with E-state index in [4.69, 9.17) is 0 Å². The summed E-state index contributed by atoms with van der Waals surface area (Å²) in [5, 5.41) is 18.7. The molecule has 0 atom stereocenters. The summed E-state index contributed by atoms with van der Waals surface area (Å²) in [5.74, 6) is 0. The Labute approximate surface area is 114 Å². The van der Waals surface area contributed by atoms with Crippen LogP contribution in [0.2, 0.25) is 0 Å². The number of rotatable bonds is 4. The average molecular weight is 255 g/mol. The maximum atomic E-state index is 9.37. The van der Waals surface area contributed by atoms with Crippen molar-refractivity contribution in [3.63, 3.8) is 0 Å². The molecule has 2 aromatic rings. The zero-order chi connectivity index (χ0) is 13.8. The largest absolute Gasteiger partial charge is 0.488 e. The molecular formula is C15H18BNO2. The Bertz CT molecular complexity index is 557. The normalized spacial score (nSPS) is 10.3. The van der Waals surface area contributed by atoms with Crippen LogP contribution in [0.15, 0.2) is 48.5 Å². The number of nitrogens with zero attached hydrogens (tertiary/aromatic N) is 1. The van der Waals surface area contributed by atoms with Gasteiger partial charge in [-0.15, -0.1) is 0 Å². The summed E-state index contributed by atoms with van der Waals surface area (Å²) in [6, 6.07) is 15.6. The van der Waals surface area contributed by atoms with Gasteiger partial charge in [0.2, 0.25) is 0 Å². The van der Waals surface area contributed by atoms with E-state index >= 15 is 0 Å². The Morgan fingerprint density at radius 3 is 2.47 bits per heavy atom. The van der Waals surface area contributed by atoms with Crippen LogP contribution in [-0.2, 0) is 6.54 Å². The molecule has 0 saturated carbocycles. The average Bonchev–Trinajstić information content (AvgIpc) is 2.39. The predicted octanol–water partition coefficient (Wildman–Crippen LogP) is 1.31. The smallest absolute Gasteiger partial charge is 0.423 e. The van der Waals surface area contributed by atoms with E-state index in [1.54, 1.807) is 6.07 Å². The van der Waals surface area contributed by atoms with Gasteiger partial charge in [-0.2, -0.15) is 0 Å². The van der Waals surface area contributed by atoms with Crippen LogP contribution in [0.4, 0.5) is 5.69 Å². The third kappa shape index (κ3) is 3.37. The van der Waals surface area contributed by atoms with Crippen molar-refractivity contribution in [2.75, 3.05) is 11.9 Å². The highest BCUT2D eigenvalue weighted by Crippen LogP contribution is 2.16. The lowest BCUT2D eigenvalue weighted by Crippen LogP contribution is -2.35. The highest BCUT2D eigenvalue weighted by Gasteiger charge is 2.16. The molecule has 0 amide bonds. The number of aryl methyl sites for hydroxylation is 1. The lowest BCUT2D eigenvalue weighted by molar-refractivity contribution is 0.425. The van der Waals surface area contributed by atoms with E-state index in [-0.39, 0.29) is 0 Å². The molecule has 2 rings (SSSR count). The molecule has 3 nitrogen and oxygen atoms in total. The van der Waals surface area contributed by atoms with E-state index in [1.165, 1.54) is 5.56 Å². The third-order valence-electron chi connectivity index (χ3n) is 3.18. The second-order valence-electron chi connectivity index (χ2n) is 4.77. The van der Waals surface area contributed by atoms with Gasteiger partial charge in [-0.05, 0) is 35.6 Å². The summed E-state index contributed by atoms with van der Waals surface area (Å²) in [6.45, 7) is 2.69. The molecule has 0 heterocycles. The van der Waals surface area contributed by atoms with Crippen molar-refractivity contribution in [2.45, 2.75) is 13.5 Å². The van der Waals surface area contributed by atoms with Crippen LogP contribution < -0.4 is 10.4 Å². The predicted molar refractivity (Wildman–Crippen MR) is 79.6 cm³/mol. The lowest BCUT2D eigenvalue weighted by Gasteiger charge is -2.21. The van der Waals surface area contributed by atoms with Crippen LogP contribution in [0, 0.1) is 6.92 Å². The second-order valence-corrected chi connectivity index (χ2v) is 4.77. The second kappa shape index (κ2) is 5.91. The van der Waals surface area contributed by atoms with E-state index in [0.29, 0.717) is 12.0 Å². The van der Waals surface area contributed by atoms with Crippen LogP contribution in [-0.4, -0.2) is 24.2 Å². The molecule has 2 aromatic carbocycles. The minimum atomic E-state index is -1.43. The Hall–Kier alpha value is -1.78. The molecule has 0 bridgehead atoms. The maximum Gasteiger partial charge on any atom is 0.488 e. The zero-order valence-electron chi connectivity index (χ0n) is 11.2. The van der Waals surface area contributed by atoms with Gasteiger partial charge in [0.05, 0.1) is 0 Å².